The van der Waals surface area contributed by atoms with Gasteiger partial charge in [0, 0.05) is 16.6 Å². The summed E-state index contributed by atoms with van der Waals surface area (Å²) in [7, 11) is 0. The summed E-state index contributed by atoms with van der Waals surface area (Å²) in [6.45, 7) is 0.740. The molecule has 0 saturated heterocycles. The Hall–Kier alpha value is -1.51. The Balaban J connectivity index is 1.82. The summed E-state index contributed by atoms with van der Waals surface area (Å²) in [5, 5.41) is 13.6. The van der Waals surface area contributed by atoms with Gasteiger partial charge in [0.25, 0.3) is 0 Å². The Morgan fingerprint density at radius 3 is 2.90 bits per heavy atom. The first-order chi connectivity index (χ1) is 9.69. The number of halogens is 1. The van der Waals surface area contributed by atoms with Crippen LogP contribution in [0.25, 0.3) is 0 Å². The Labute approximate surface area is 130 Å². The first-order valence-electron chi connectivity index (χ1n) is 6.49. The predicted octanol–water partition coefficient (Wildman–Crippen LogP) is 4.45. The molecule has 1 heterocycles. The largest absolute Gasteiger partial charge is 0.397 e. The molecule has 0 radical (unpaired) electrons. The van der Waals surface area contributed by atoms with Crippen molar-refractivity contribution in [3.8, 4) is 6.07 Å². The summed E-state index contributed by atoms with van der Waals surface area (Å²) in [4.78, 5) is 0.628. The molecule has 1 aliphatic carbocycles. The molecule has 3 rings (SSSR count). The van der Waals surface area contributed by atoms with E-state index < -0.39 is 0 Å². The minimum absolute atomic E-state index is 0.540. The monoisotopic (exact) mass is 347 g/mol. The summed E-state index contributed by atoms with van der Waals surface area (Å²) < 4.78 is 1.07. The van der Waals surface area contributed by atoms with Gasteiger partial charge < -0.3 is 11.1 Å². The molecule has 0 aliphatic heterocycles. The maximum absolute atomic E-state index is 9.13. The molecule has 5 heteroatoms. The zero-order valence-corrected chi connectivity index (χ0v) is 13.2. The highest BCUT2D eigenvalue weighted by Gasteiger charge is 2.31. The molecule has 3 nitrogen and oxygen atoms in total. The highest BCUT2D eigenvalue weighted by Crippen LogP contribution is 2.50. The summed E-state index contributed by atoms with van der Waals surface area (Å²) in [6, 6.07) is 10.4. The van der Waals surface area contributed by atoms with Crippen molar-refractivity contribution in [3.63, 3.8) is 0 Å². The average Bonchev–Trinajstić information content (AvgIpc) is 3.21. The van der Waals surface area contributed by atoms with Crippen LogP contribution >= 0.6 is 27.3 Å². The highest BCUT2D eigenvalue weighted by atomic mass is 79.9. The molecule has 1 aromatic carbocycles. The van der Waals surface area contributed by atoms with Crippen LogP contribution in [0.1, 0.15) is 34.8 Å². The van der Waals surface area contributed by atoms with Gasteiger partial charge in [0.1, 0.15) is 10.9 Å². The van der Waals surface area contributed by atoms with Crippen LogP contribution < -0.4 is 11.1 Å². The van der Waals surface area contributed by atoms with E-state index in [0.717, 1.165) is 21.6 Å². The molecule has 0 spiro atoms. The van der Waals surface area contributed by atoms with Gasteiger partial charge in [-0.1, -0.05) is 28.1 Å². The molecule has 0 atom stereocenters. The lowest BCUT2D eigenvalue weighted by molar-refractivity contribution is 1.11. The van der Waals surface area contributed by atoms with Crippen molar-refractivity contribution in [2.45, 2.75) is 25.3 Å². The van der Waals surface area contributed by atoms with Gasteiger partial charge in [0.15, 0.2) is 0 Å². The lowest BCUT2D eigenvalue weighted by atomic mass is 10.1. The number of nitrogens with two attached hydrogens (primary N) is 1. The maximum atomic E-state index is 9.13. The summed E-state index contributed by atoms with van der Waals surface area (Å²) in [6.07, 6.45) is 2.36. The van der Waals surface area contributed by atoms with Gasteiger partial charge in [0.05, 0.1) is 10.7 Å². The Morgan fingerprint density at radius 2 is 2.25 bits per heavy atom. The number of hydrogen-bond donors (Lipinski definition) is 2. The second-order valence-corrected chi connectivity index (χ2v) is 6.89. The standard InChI is InChI=1S/C15H14BrN3S/c16-11-3-1-2-9(6-11)8-19-15-13(10-4-5-10)14(18)12(7-17)20-15/h1-3,6,10,19H,4-5,8,18H2. The van der Waals surface area contributed by atoms with Gasteiger partial charge in [-0.2, -0.15) is 5.26 Å². The highest BCUT2D eigenvalue weighted by molar-refractivity contribution is 9.10. The van der Waals surface area contributed by atoms with Gasteiger partial charge in [-0.3, -0.25) is 0 Å². The van der Waals surface area contributed by atoms with E-state index in [-0.39, 0.29) is 0 Å². The van der Waals surface area contributed by atoms with E-state index in [0.29, 0.717) is 16.5 Å². The number of anilines is 2. The molecule has 1 aromatic heterocycles. The van der Waals surface area contributed by atoms with E-state index in [1.165, 1.54) is 29.7 Å². The van der Waals surface area contributed by atoms with Crippen LogP contribution in [0.15, 0.2) is 28.7 Å². The third kappa shape index (κ3) is 2.67. The van der Waals surface area contributed by atoms with Crippen molar-refractivity contribution in [2.75, 3.05) is 11.1 Å². The van der Waals surface area contributed by atoms with Crippen molar-refractivity contribution >= 4 is 38.0 Å². The van der Waals surface area contributed by atoms with Crippen LogP contribution in [0, 0.1) is 11.3 Å². The van der Waals surface area contributed by atoms with Gasteiger partial charge >= 0.3 is 0 Å². The normalized spacial score (nSPS) is 14.0. The molecule has 2 aromatic rings. The van der Waals surface area contributed by atoms with Crippen molar-refractivity contribution in [3.05, 3.63) is 44.7 Å². The molecular weight excluding hydrogens is 334 g/mol. The Morgan fingerprint density at radius 1 is 1.45 bits per heavy atom. The van der Waals surface area contributed by atoms with E-state index in [1.807, 2.05) is 12.1 Å². The van der Waals surface area contributed by atoms with Crippen LogP contribution in [0.4, 0.5) is 10.7 Å². The van der Waals surface area contributed by atoms with E-state index in [1.54, 1.807) is 0 Å². The molecule has 1 saturated carbocycles. The fraction of sp³-hybridized carbons (Fsp3) is 0.267. The molecule has 0 unspecified atom stereocenters. The third-order valence-electron chi connectivity index (χ3n) is 3.41. The number of hydrogen-bond acceptors (Lipinski definition) is 4. The summed E-state index contributed by atoms with van der Waals surface area (Å²) in [5.74, 6) is 0.540. The van der Waals surface area contributed by atoms with Crippen LogP contribution in [0.2, 0.25) is 0 Å². The van der Waals surface area contributed by atoms with Crippen LogP contribution in [-0.4, -0.2) is 0 Å². The molecule has 102 valence electrons. The topological polar surface area (TPSA) is 61.8 Å². The zero-order valence-electron chi connectivity index (χ0n) is 10.8. The number of nitriles is 1. The molecule has 0 bridgehead atoms. The van der Waals surface area contributed by atoms with E-state index >= 15 is 0 Å². The lowest BCUT2D eigenvalue weighted by Crippen LogP contribution is -2.00. The van der Waals surface area contributed by atoms with Crippen LogP contribution in [-0.2, 0) is 6.54 Å². The second kappa shape index (κ2) is 5.47. The second-order valence-electron chi connectivity index (χ2n) is 4.96. The van der Waals surface area contributed by atoms with Gasteiger partial charge in [0.2, 0.25) is 0 Å². The van der Waals surface area contributed by atoms with Crippen LogP contribution in [0.3, 0.4) is 0 Å². The molecule has 20 heavy (non-hydrogen) atoms. The van der Waals surface area contributed by atoms with E-state index in [2.05, 4.69) is 39.4 Å². The van der Waals surface area contributed by atoms with E-state index in [4.69, 9.17) is 11.0 Å². The molecule has 3 N–H and O–H groups in total. The molecule has 0 amide bonds. The number of nitrogens with zero attached hydrogens (tertiary/aromatic N) is 1. The van der Waals surface area contributed by atoms with Gasteiger partial charge in [-0.25, -0.2) is 0 Å². The number of nitrogens with one attached hydrogen (secondary N) is 1. The first kappa shape index (κ1) is 13.5. The van der Waals surface area contributed by atoms with Gasteiger partial charge in [-0.05, 0) is 36.5 Å². The summed E-state index contributed by atoms with van der Waals surface area (Å²) >= 11 is 4.94. The van der Waals surface area contributed by atoms with Crippen molar-refractivity contribution in [1.29, 1.82) is 5.26 Å². The quantitative estimate of drug-likeness (QED) is 0.858. The van der Waals surface area contributed by atoms with Crippen molar-refractivity contribution in [2.24, 2.45) is 0 Å². The Bertz CT molecular complexity index is 683. The number of benzene rings is 1. The predicted molar refractivity (Wildman–Crippen MR) is 86.9 cm³/mol. The van der Waals surface area contributed by atoms with Crippen molar-refractivity contribution < 1.29 is 0 Å². The maximum Gasteiger partial charge on any atom is 0.130 e. The number of rotatable bonds is 4. The molecule has 1 aliphatic rings. The minimum Gasteiger partial charge on any atom is -0.397 e. The van der Waals surface area contributed by atoms with E-state index in [9.17, 15) is 0 Å². The first-order valence-corrected chi connectivity index (χ1v) is 8.10. The summed E-state index contributed by atoms with van der Waals surface area (Å²) in [5.41, 5.74) is 9.12. The molecule has 1 fully saturated rings. The van der Waals surface area contributed by atoms with Crippen LogP contribution in [0.5, 0.6) is 0 Å². The smallest absolute Gasteiger partial charge is 0.130 e. The van der Waals surface area contributed by atoms with Crippen molar-refractivity contribution in [1.82, 2.24) is 0 Å². The molecular formula is C15H14BrN3S. The minimum atomic E-state index is 0.540. The fourth-order valence-electron chi connectivity index (χ4n) is 2.28. The lowest BCUT2D eigenvalue weighted by Gasteiger charge is -2.08. The third-order valence-corrected chi connectivity index (χ3v) is 4.99. The van der Waals surface area contributed by atoms with Gasteiger partial charge in [-0.15, -0.1) is 11.3 Å². The fourth-order valence-corrected chi connectivity index (χ4v) is 3.72. The SMILES string of the molecule is N#Cc1sc(NCc2cccc(Br)c2)c(C2CC2)c1N. The average molecular weight is 348 g/mol. The zero-order chi connectivity index (χ0) is 14.1. The Kier molecular flexibility index (Phi) is 3.68. The number of thiophene rings is 1. The number of nitrogen functional groups attached to an aromatic ring is 1.